The van der Waals surface area contributed by atoms with Gasteiger partial charge in [0.05, 0.1) is 10.0 Å². The Bertz CT molecular complexity index is 764. The molecule has 5 nitrogen and oxygen atoms in total. The lowest BCUT2D eigenvalue weighted by atomic mass is 10.0. The summed E-state index contributed by atoms with van der Waals surface area (Å²) in [6, 6.07) is 8.79. The number of rotatable bonds is 3. The molecule has 9 heteroatoms. The molecule has 0 saturated carbocycles. The van der Waals surface area contributed by atoms with E-state index < -0.39 is 6.04 Å². The standard InChI is InChI=1S/C18H20Cl2N4O.2ClH/c1-12-2-4-13(5-3-12)16(21)18(25)24-8-6-23(7-9-24)17-15(20)10-14(19)11-22-17;;/h2-5,10-11,16H,6-9,21H2,1H3;2*1H. The lowest BCUT2D eigenvalue weighted by Gasteiger charge is -2.36. The summed E-state index contributed by atoms with van der Waals surface area (Å²) in [5.41, 5.74) is 8.13. The minimum atomic E-state index is -0.635. The molecule has 1 aromatic carbocycles. The maximum absolute atomic E-state index is 12.7. The van der Waals surface area contributed by atoms with Gasteiger partial charge in [0.25, 0.3) is 0 Å². The van der Waals surface area contributed by atoms with Crippen LogP contribution >= 0.6 is 48.0 Å². The van der Waals surface area contributed by atoms with Gasteiger partial charge in [-0.15, -0.1) is 24.8 Å². The summed E-state index contributed by atoms with van der Waals surface area (Å²) in [6.45, 7) is 4.48. The SMILES string of the molecule is Cc1ccc(C(N)C(=O)N2CCN(c3ncc(Cl)cc3Cl)CC2)cc1.Cl.Cl. The number of aromatic nitrogens is 1. The summed E-state index contributed by atoms with van der Waals surface area (Å²) in [6.07, 6.45) is 1.58. The molecule has 2 heterocycles. The molecular weight excluding hydrogens is 430 g/mol. The number of anilines is 1. The number of nitrogens with zero attached hydrogens (tertiary/aromatic N) is 3. The smallest absolute Gasteiger partial charge is 0.244 e. The van der Waals surface area contributed by atoms with Gasteiger partial charge in [-0.1, -0.05) is 53.0 Å². The van der Waals surface area contributed by atoms with Crippen molar-refractivity contribution in [1.82, 2.24) is 9.88 Å². The van der Waals surface area contributed by atoms with Gasteiger partial charge < -0.3 is 15.5 Å². The summed E-state index contributed by atoms with van der Waals surface area (Å²) in [5, 5.41) is 1.02. The molecular formula is C18H22Cl4N4O. The Morgan fingerprint density at radius 3 is 2.26 bits per heavy atom. The molecule has 1 atom stereocenters. The van der Waals surface area contributed by atoms with Crippen LogP contribution in [0, 0.1) is 6.92 Å². The number of amides is 1. The van der Waals surface area contributed by atoms with Crippen molar-refractivity contribution >= 4 is 59.7 Å². The van der Waals surface area contributed by atoms with Gasteiger partial charge in [-0.2, -0.15) is 0 Å². The number of pyridine rings is 1. The highest BCUT2D eigenvalue weighted by Gasteiger charge is 2.27. The minimum absolute atomic E-state index is 0. The van der Waals surface area contributed by atoms with E-state index in [-0.39, 0.29) is 30.7 Å². The third kappa shape index (κ3) is 5.62. The third-order valence-corrected chi connectivity index (χ3v) is 4.87. The van der Waals surface area contributed by atoms with Gasteiger partial charge >= 0.3 is 0 Å². The van der Waals surface area contributed by atoms with Crippen molar-refractivity contribution < 1.29 is 4.79 Å². The largest absolute Gasteiger partial charge is 0.352 e. The van der Waals surface area contributed by atoms with Gasteiger partial charge in [0.1, 0.15) is 11.9 Å². The van der Waals surface area contributed by atoms with Gasteiger partial charge in [0.2, 0.25) is 5.91 Å². The Balaban J connectivity index is 0.00000182. The molecule has 3 rings (SSSR count). The van der Waals surface area contributed by atoms with E-state index in [4.69, 9.17) is 28.9 Å². The van der Waals surface area contributed by atoms with Crippen LogP contribution < -0.4 is 10.6 Å². The molecule has 0 spiro atoms. The molecule has 1 aliphatic rings. The van der Waals surface area contributed by atoms with E-state index in [2.05, 4.69) is 9.88 Å². The predicted octanol–water partition coefficient (Wildman–Crippen LogP) is 3.89. The summed E-state index contributed by atoms with van der Waals surface area (Å²) in [5.74, 6) is 0.639. The molecule has 0 aliphatic carbocycles. The lowest BCUT2D eigenvalue weighted by molar-refractivity contribution is -0.133. The number of hydrogen-bond acceptors (Lipinski definition) is 4. The molecule has 1 saturated heterocycles. The number of piperazine rings is 1. The van der Waals surface area contributed by atoms with Crippen LogP contribution in [0.5, 0.6) is 0 Å². The molecule has 1 aliphatic heterocycles. The zero-order valence-electron chi connectivity index (χ0n) is 14.8. The summed E-state index contributed by atoms with van der Waals surface area (Å²) >= 11 is 12.1. The van der Waals surface area contributed by atoms with Crippen molar-refractivity contribution in [3.63, 3.8) is 0 Å². The van der Waals surface area contributed by atoms with Crippen LogP contribution in [-0.2, 0) is 4.79 Å². The van der Waals surface area contributed by atoms with E-state index >= 15 is 0 Å². The molecule has 2 N–H and O–H groups in total. The fourth-order valence-corrected chi connectivity index (χ4v) is 3.39. The number of carbonyl (C=O) groups is 1. The first kappa shape index (κ1) is 23.8. The van der Waals surface area contributed by atoms with E-state index in [0.717, 1.165) is 11.1 Å². The Morgan fingerprint density at radius 1 is 1.11 bits per heavy atom. The zero-order chi connectivity index (χ0) is 18.0. The van der Waals surface area contributed by atoms with Crippen LogP contribution in [0.2, 0.25) is 10.0 Å². The van der Waals surface area contributed by atoms with E-state index in [0.29, 0.717) is 42.0 Å². The molecule has 0 radical (unpaired) electrons. The average Bonchev–Trinajstić information content (AvgIpc) is 2.61. The van der Waals surface area contributed by atoms with Crippen molar-refractivity contribution in [3.05, 3.63) is 57.7 Å². The first-order valence-electron chi connectivity index (χ1n) is 8.12. The van der Waals surface area contributed by atoms with Crippen LogP contribution in [0.25, 0.3) is 0 Å². The van der Waals surface area contributed by atoms with Crippen LogP contribution in [0.4, 0.5) is 5.82 Å². The number of benzene rings is 1. The fourth-order valence-electron chi connectivity index (χ4n) is 2.89. The maximum atomic E-state index is 12.7. The highest BCUT2D eigenvalue weighted by atomic mass is 35.5. The number of nitrogens with two attached hydrogens (primary N) is 1. The first-order chi connectivity index (χ1) is 12.0. The van der Waals surface area contributed by atoms with Gasteiger partial charge in [-0.25, -0.2) is 4.98 Å². The summed E-state index contributed by atoms with van der Waals surface area (Å²) in [7, 11) is 0. The van der Waals surface area contributed by atoms with Crippen molar-refractivity contribution in [2.45, 2.75) is 13.0 Å². The van der Waals surface area contributed by atoms with Gasteiger partial charge in [-0.3, -0.25) is 4.79 Å². The quantitative estimate of drug-likeness (QED) is 0.768. The van der Waals surface area contributed by atoms with Crippen molar-refractivity contribution in [3.8, 4) is 0 Å². The predicted molar refractivity (Wildman–Crippen MR) is 116 cm³/mol. The second-order valence-corrected chi connectivity index (χ2v) is 7.00. The lowest BCUT2D eigenvalue weighted by Crippen LogP contribution is -2.51. The van der Waals surface area contributed by atoms with Gasteiger partial charge in [0, 0.05) is 32.4 Å². The number of halogens is 4. The topological polar surface area (TPSA) is 62.5 Å². The fraction of sp³-hybridized carbons (Fsp3) is 0.333. The Hall–Kier alpha value is -1.24. The molecule has 1 fully saturated rings. The average molecular weight is 452 g/mol. The number of carbonyl (C=O) groups excluding carboxylic acids is 1. The first-order valence-corrected chi connectivity index (χ1v) is 8.88. The van der Waals surface area contributed by atoms with Crippen molar-refractivity contribution in [2.24, 2.45) is 5.73 Å². The van der Waals surface area contributed by atoms with E-state index in [1.54, 1.807) is 17.2 Å². The highest BCUT2D eigenvalue weighted by Crippen LogP contribution is 2.27. The van der Waals surface area contributed by atoms with E-state index in [1.165, 1.54) is 0 Å². The second kappa shape index (κ2) is 10.3. The summed E-state index contributed by atoms with van der Waals surface area (Å²) in [4.78, 5) is 20.8. The van der Waals surface area contributed by atoms with E-state index in [9.17, 15) is 4.79 Å². The Kier molecular flexibility index (Phi) is 9.12. The second-order valence-electron chi connectivity index (χ2n) is 6.16. The normalized spacial score (nSPS) is 14.8. The maximum Gasteiger partial charge on any atom is 0.244 e. The number of hydrogen-bond donors (Lipinski definition) is 1. The van der Waals surface area contributed by atoms with Crippen LogP contribution in [0.3, 0.4) is 0 Å². The summed E-state index contributed by atoms with van der Waals surface area (Å²) < 4.78 is 0. The monoisotopic (exact) mass is 450 g/mol. The Labute approximate surface area is 181 Å². The molecule has 148 valence electrons. The third-order valence-electron chi connectivity index (χ3n) is 4.38. The molecule has 2 aromatic rings. The van der Waals surface area contributed by atoms with Crippen LogP contribution in [-0.4, -0.2) is 42.0 Å². The van der Waals surface area contributed by atoms with Gasteiger partial charge in [-0.05, 0) is 18.6 Å². The van der Waals surface area contributed by atoms with Crippen LogP contribution in [0.15, 0.2) is 36.5 Å². The zero-order valence-corrected chi connectivity index (χ0v) is 17.9. The number of aryl methyl sites for hydroxylation is 1. The molecule has 1 aromatic heterocycles. The van der Waals surface area contributed by atoms with Gasteiger partial charge in [0.15, 0.2) is 0 Å². The highest BCUT2D eigenvalue weighted by molar-refractivity contribution is 6.36. The Morgan fingerprint density at radius 2 is 1.70 bits per heavy atom. The molecule has 1 unspecified atom stereocenters. The van der Waals surface area contributed by atoms with E-state index in [1.807, 2.05) is 31.2 Å². The minimum Gasteiger partial charge on any atom is -0.352 e. The molecule has 27 heavy (non-hydrogen) atoms. The van der Waals surface area contributed by atoms with Crippen molar-refractivity contribution in [1.29, 1.82) is 0 Å². The van der Waals surface area contributed by atoms with Crippen molar-refractivity contribution in [2.75, 3.05) is 31.1 Å². The molecule has 0 bridgehead atoms. The molecule has 1 amide bonds. The van der Waals surface area contributed by atoms with Crippen LogP contribution in [0.1, 0.15) is 17.2 Å².